The Labute approximate surface area is 125 Å². The normalized spacial score (nSPS) is 27.5. The third-order valence-electron chi connectivity index (χ3n) is 4.55. The standard InChI is InChI=1S/C17H34N2O/c1-15(2)12-19(11-10-18(4)5)13-17(14-20)8-6-16(3)7-9-17/h14-16H,6-13H2,1-5H3. The van der Waals surface area contributed by atoms with Gasteiger partial charge in [-0.2, -0.15) is 0 Å². The van der Waals surface area contributed by atoms with Gasteiger partial charge < -0.3 is 14.6 Å². The maximum Gasteiger partial charge on any atom is 0.127 e. The maximum atomic E-state index is 11.7. The molecule has 0 atom stereocenters. The zero-order valence-corrected chi connectivity index (χ0v) is 14.2. The molecular formula is C17H34N2O. The Bertz CT molecular complexity index is 281. The van der Waals surface area contributed by atoms with E-state index in [0.29, 0.717) is 5.92 Å². The Morgan fingerprint density at radius 1 is 1.20 bits per heavy atom. The van der Waals surface area contributed by atoms with Gasteiger partial charge in [0.15, 0.2) is 0 Å². The van der Waals surface area contributed by atoms with Crippen molar-refractivity contribution in [1.29, 1.82) is 0 Å². The average Bonchev–Trinajstić information content (AvgIpc) is 2.38. The smallest absolute Gasteiger partial charge is 0.127 e. The van der Waals surface area contributed by atoms with Crippen molar-refractivity contribution in [3.05, 3.63) is 0 Å². The van der Waals surface area contributed by atoms with Crippen molar-refractivity contribution < 1.29 is 4.79 Å². The minimum absolute atomic E-state index is 0.0757. The molecule has 1 rings (SSSR count). The Hall–Kier alpha value is -0.410. The van der Waals surface area contributed by atoms with E-state index in [4.69, 9.17) is 0 Å². The van der Waals surface area contributed by atoms with Crippen LogP contribution in [-0.4, -0.2) is 56.4 Å². The molecule has 0 unspecified atom stereocenters. The fourth-order valence-electron chi connectivity index (χ4n) is 3.19. The lowest BCUT2D eigenvalue weighted by Crippen LogP contribution is -2.44. The molecule has 3 nitrogen and oxygen atoms in total. The summed E-state index contributed by atoms with van der Waals surface area (Å²) >= 11 is 0. The van der Waals surface area contributed by atoms with Gasteiger partial charge >= 0.3 is 0 Å². The number of nitrogens with zero attached hydrogens (tertiary/aromatic N) is 2. The quantitative estimate of drug-likeness (QED) is 0.640. The number of aldehydes is 1. The summed E-state index contributed by atoms with van der Waals surface area (Å²) in [7, 11) is 4.23. The van der Waals surface area contributed by atoms with E-state index in [1.807, 2.05) is 0 Å². The van der Waals surface area contributed by atoms with Crippen LogP contribution in [0.1, 0.15) is 46.5 Å². The van der Waals surface area contributed by atoms with E-state index in [-0.39, 0.29) is 5.41 Å². The molecule has 1 aliphatic carbocycles. The summed E-state index contributed by atoms with van der Waals surface area (Å²) < 4.78 is 0. The van der Waals surface area contributed by atoms with Crippen LogP contribution < -0.4 is 0 Å². The van der Waals surface area contributed by atoms with Gasteiger partial charge in [0.2, 0.25) is 0 Å². The summed E-state index contributed by atoms with van der Waals surface area (Å²) in [6.45, 7) is 11.0. The van der Waals surface area contributed by atoms with Crippen LogP contribution in [0.25, 0.3) is 0 Å². The lowest BCUT2D eigenvalue weighted by molar-refractivity contribution is -0.119. The average molecular weight is 282 g/mol. The number of carbonyl (C=O) groups is 1. The van der Waals surface area contributed by atoms with Gasteiger partial charge in [-0.15, -0.1) is 0 Å². The molecule has 0 saturated heterocycles. The number of rotatable bonds is 8. The summed E-state index contributed by atoms with van der Waals surface area (Å²) in [4.78, 5) is 16.4. The van der Waals surface area contributed by atoms with Gasteiger partial charge in [0, 0.05) is 31.6 Å². The molecule has 1 fully saturated rings. The van der Waals surface area contributed by atoms with Gasteiger partial charge in [-0.1, -0.05) is 20.8 Å². The minimum atomic E-state index is -0.0757. The predicted octanol–water partition coefficient (Wildman–Crippen LogP) is 2.90. The van der Waals surface area contributed by atoms with Gasteiger partial charge in [0.1, 0.15) is 6.29 Å². The maximum absolute atomic E-state index is 11.7. The van der Waals surface area contributed by atoms with Crippen molar-refractivity contribution in [2.45, 2.75) is 46.5 Å². The number of hydrogen-bond acceptors (Lipinski definition) is 3. The second-order valence-electron chi connectivity index (χ2n) is 7.59. The summed E-state index contributed by atoms with van der Waals surface area (Å²) in [5.74, 6) is 1.45. The van der Waals surface area contributed by atoms with Gasteiger partial charge in [0.25, 0.3) is 0 Å². The van der Waals surface area contributed by atoms with E-state index in [0.717, 1.165) is 44.9 Å². The monoisotopic (exact) mass is 282 g/mol. The number of hydrogen-bond donors (Lipinski definition) is 0. The molecule has 0 aromatic carbocycles. The van der Waals surface area contributed by atoms with Crippen LogP contribution in [-0.2, 0) is 4.79 Å². The molecule has 0 N–H and O–H groups in total. The van der Waals surface area contributed by atoms with Crippen molar-refractivity contribution in [1.82, 2.24) is 9.80 Å². The highest BCUT2D eigenvalue weighted by Gasteiger charge is 2.35. The number of likely N-dealkylation sites (N-methyl/N-ethyl adjacent to an activating group) is 1. The highest BCUT2D eigenvalue weighted by Crippen LogP contribution is 2.38. The van der Waals surface area contributed by atoms with Crippen molar-refractivity contribution in [3.8, 4) is 0 Å². The lowest BCUT2D eigenvalue weighted by atomic mass is 9.71. The zero-order valence-electron chi connectivity index (χ0n) is 14.2. The van der Waals surface area contributed by atoms with Crippen LogP contribution in [0.5, 0.6) is 0 Å². The van der Waals surface area contributed by atoms with Crippen LogP contribution in [0.2, 0.25) is 0 Å². The largest absolute Gasteiger partial charge is 0.308 e. The van der Waals surface area contributed by atoms with Crippen molar-refractivity contribution in [2.75, 3.05) is 40.3 Å². The lowest BCUT2D eigenvalue weighted by Gasteiger charge is -2.39. The molecular weight excluding hydrogens is 248 g/mol. The molecule has 0 radical (unpaired) electrons. The second-order valence-corrected chi connectivity index (χ2v) is 7.59. The fraction of sp³-hybridized carbons (Fsp3) is 0.941. The highest BCUT2D eigenvalue weighted by atomic mass is 16.1. The Morgan fingerprint density at radius 3 is 2.25 bits per heavy atom. The summed E-state index contributed by atoms with van der Waals surface area (Å²) in [5.41, 5.74) is -0.0757. The van der Waals surface area contributed by atoms with Crippen LogP contribution in [0.3, 0.4) is 0 Å². The van der Waals surface area contributed by atoms with E-state index in [9.17, 15) is 4.79 Å². The van der Waals surface area contributed by atoms with Crippen molar-refractivity contribution >= 4 is 6.29 Å². The second kappa shape index (κ2) is 8.14. The molecule has 0 aliphatic heterocycles. The van der Waals surface area contributed by atoms with E-state index < -0.39 is 0 Å². The van der Waals surface area contributed by atoms with Gasteiger partial charge in [-0.25, -0.2) is 0 Å². The predicted molar refractivity (Wildman–Crippen MR) is 86.0 cm³/mol. The first kappa shape index (κ1) is 17.6. The molecule has 0 aromatic rings. The Kier molecular flexibility index (Phi) is 7.18. The molecule has 20 heavy (non-hydrogen) atoms. The van der Waals surface area contributed by atoms with E-state index in [1.54, 1.807) is 0 Å². The third-order valence-corrected chi connectivity index (χ3v) is 4.55. The Morgan fingerprint density at radius 2 is 1.80 bits per heavy atom. The summed E-state index contributed by atoms with van der Waals surface area (Å²) in [6, 6.07) is 0. The molecule has 0 aromatic heterocycles. The topological polar surface area (TPSA) is 23.6 Å². The van der Waals surface area contributed by atoms with Crippen LogP contribution >= 0.6 is 0 Å². The molecule has 0 amide bonds. The van der Waals surface area contributed by atoms with Crippen LogP contribution in [0.15, 0.2) is 0 Å². The number of carbonyl (C=O) groups excluding carboxylic acids is 1. The zero-order chi connectivity index (χ0) is 15.2. The van der Waals surface area contributed by atoms with Gasteiger partial charge in [-0.3, -0.25) is 0 Å². The summed E-state index contributed by atoms with van der Waals surface area (Å²) in [6.07, 6.45) is 5.84. The van der Waals surface area contributed by atoms with Crippen LogP contribution in [0, 0.1) is 17.3 Å². The molecule has 1 saturated carbocycles. The fourth-order valence-corrected chi connectivity index (χ4v) is 3.19. The Balaban J connectivity index is 2.62. The molecule has 118 valence electrons. The molecule has 0 spiro atoms. The minimum Gasteiger partial charge on any atom is -0.308 e. The van der Waals surface area contributed by atoms with E-state index >= 15 is 0 Å². The van der Waals surface area contributed by atoms with Gasteiger partial charge in [-0.05, 0) is 51.6 Å². The van der Waals surface area contributed by atoms with Crippen molar-refractivity contribution in [3.63, 3.8) is 0 Å². The first-order valence-corrected chi connectivity index (χ1v) is 8.20. The first-order chi connectivity index (χ1) is 9.37. The molecule has 0 heterocycles. The molecule has 1 aliphatic rings. The summed E-state index contributed by atoms with van der Waals surface area (Å²) in [5, 5.41) is 0. The highest BCUT2D eigenvalue weighted by molar-refractivity contribution is 5.60. The van der Waals surface area contributed by atoms with Crippen molar-refractivity contribution in [2.24, 2.45) is 17.3 Å². The SMILES string of the molecule is CC(C)CN(CCN(C)C)CC1(C=O)CCC(C)CC1. The third kappa shape index (κ3) is 5.92. The molecule has 0 bridgehead atoms. The molecule has 3 heteroatoms. The first-order valence-electron chi connectivity index (χ1n) is 8.20. The van der Waals surface area contributed by atoms with Gasteiger partial charge in [0.05, 0.1) is 0 Å². The van der Waals surface area contributed by atoms with Crippen LogP contribution in [0.4, 0.5) is 0 Å². The van der Waals surface area contributed by atoms with E-state index in [2.05, 4.69) is 44.7 Å². The van der Waals surface area contributed by atoms with E-state index in [1.165, 1.54) is 19.1 Å².